The molecule has 0 bridgehead atoms. The summed E-state index contributed by atoms with van der Waals surface area (Å²) in [7, 11) is 0. The lowest BCUT2D eigenvalue weighted by Gasteiger charge is -2.30. The Labute approximate surface area is 220 Å². The summed E-state index contributed by atoms with van der Waals surface area (Å²) in [4.78, 5) is 26.1. The van der Waals surface area contributed by atoms with E-state index in [1.165, 1.54) is 38.5 Å². The van der Waals surface area contributed by atoms with E-state index in [9.17, 15) is 9.59 Å². The van der Waals surface area contributed by atoms with Crippen LogP contribution in [0, 0.1) is 59.2 Å². The molecule has 5 rings (SSSR count). The number of hydrogen-bond acceptors (Lipinski definition) is 4. The SMILES string of the molecule is CCC1CC(CC)C2CC(C(=O)OC3CCC(OC(=O)C4CC5C(CC)CC(CC)C5C4)CC3)CC12. The van der Waals surface area contributed by atoms with Crippen molar-refractivity contribution in [2.75, 3.05) is 0 Å². The summed E-state index contributed by atoms with van der Waals surface area (Å²) >= 11 is 0. The van der Waals surface area contributed by atoms with Gasteiger partial charge in [0.15, 0.2) is 0 Å². The second kappa shape index (κ2) is 11.4. The molecule has 0 radical (unpaired) electrons. The molecule has 204 valence electrons. The molecular weight excluding hydrogens is 448 g/mol. The molecule has 0 aliphatic heterocycles. The number of rotatable bonds is 8. The van der Waals surface area contributed by atoms with E-state index in [0.717, 1.165) is 98.7 Å². The zero-order valence-corrected chi connectivity index (χ0v) is 23.5. The Bertz CT molecular complexity index is 670. The van der Waals surface area contributed by atoms with E-state index in [0.29, 0.717) is 0 Å². The van der Waals surface area contributed by atoms with Crippen LogP contribution >= 0.6 is 0 Å². The van der Waals surface area contributed by atoms with Crippen LogP contribution in [0.2, 0.25) is 0 Å². The van der Waals surface area contributed by atoms with Gasteiger partial charge >= 0.3 is 11.9 Å². The van der Waals surface area contributed by atoms with Gasteiger partial charge in [0.05, 0.1) is 11.8 Å². The highest BCUT2D eigenvalue weighted by molar-refractivity contribution is 5.73. The molecule has 8 atom stereocenters. The zero-order chi connectivity index (χ0) is 25.4. The lowest BCUT2D eigenvalue weighted by molar-refractivity contribution is -0.163. The average Bonchev–Trinajstić information content (AvgIpc) is 3.64. The molecule has 5 fully saturated rings. The normalized spacial score (nSPS) is 45.9. The first-order valence-electron chi connectivity index (χ1n) is 15.9. The summed E-state index contributed by atoms with van der Waals surface area (Å²) in [5.41, 5.74) is 0. The molecule has 5 aliphatic carbocycles. The third kappa shape index (κ3) is 5.13. The number of hydrogen-bond donors (Lipinski definition) is 0. The van der Waals surface area contributed by atoms with Crippen LogP contribution in [-0.2, 0) is 19.1 Å². The standard InChI is InChI=1S/C32H52O4/c1-5-19-13-20(6-2)28-16-23(15-27(19)28)31(33)35-25-9-11-26(12-10-25)36-32(34)24-17-29-21(7-3)14-22(8-4)30(29)18-24/h19-30H,5-18H2,1-4H3. The van der Waals surface area contributed by atoms with Gasteiger partial charge in [-0.2, -0.15) is 0 Å². The van der Waals surface area contributed by atoms with E-state index in [1.54, 1.807) is 0 Å². The molecule has 0 spiro atoms. The number of ether oxygens (including phenoxy) is 2. The maximum absolute atomic E-state index is 13.1. The number of fused-ring (bicyclic) bond motifs is 2. The van der Waals surface area contributed by atoms with Crippen molar-refractivity contribution in [3.05, 3.63) is 0 Å². The first-order valence-corrected chi connectivity index (χ1v) is 15.9. The van der Waals surface area contributed by atoms with E-state index < -0.39 is 0 Å². The molecular formula is C32H52O4. The second-order valence-corrected chi connectivity index (χ2v) is 13.4. The van der Waals surface area contributed by atoms with E-state index in [-0.39, 0.29) is 36.0 Å². The zero-order valence-electron chi connectivity index (χ0n) is 23.5. The van der Waals surface area contributed by atoms with Gasteiger partial charge in [-0.15, -0.1) is 0 Å². The minimum Gasteiger partial charge on any atom is -0.462 e. The minimum absolute atomic E-state index is 0.0123. The van der Waals surface area contributed by atoms with Crippen LogP contribution in [0.5, 0.6) is 0 Å². The fourth-order valence-corrected chi connectivity index (χ4v) is 9.90. The van der Waals surface area contributed by atoms with Gasteiger partial charge in [-0.25, -0.2) is 0 Å². The maximum Gasteiger partial charge on any atom is 0.309 e. The van der Waals surface area contributed by atoms with Gasteiger partial charge in [0, 0.05) is 0 Å². The largest absolute Gasteiger partial charge is 0.462 e. The molecule has 4 heteroatoms. The Hall–Kier alpha value is -1.06. The predicted octanol–water partition coefficient (Wildman–Crippen LogP) is 7.58. The van der Waals surface area contributed by atoms with Crippen molar-refractivity contribution >= 4 is 11.9 Å². The summed E-state index contributed by atoms with van der Waals surface area (Å²) in [6, 6.07) is 0. The third-order valence-electron chi connectivity index (χ3n) is 11.9. The van der Waals surface area contributed by atoms with Crippen LogP contribution in [-0.4, -0.2) is 24.1 Å². The minimum atomic E-state index is 0.0123. The highest BCUT2D eigenvalue weighted by Crippen LogP contribution is 2.56. The molecule has 5 saturated carbocycles. The molecule has 0 saturated heterocycles. The van der Waals surface area contributed by atoms with E-state index in [2.05, 4.69) is 27.7 Å². The summed E-state index contributed by atoms with van der Waals surface area (Å²) in [5, 5.41) is 0. The van der Waals surface area contributed by atoms with Crippen LogP contribution in [0.25, 0.3) is 0 Å². The van der Waals surface area contributed by atoms with Crippen molar-refractivity contribution in [1.82, 2.24) is 0 Å². The van der Waals surface area contributed by atoms with E-state index >= 15 is 0 Å². The topological polar surface area (TPSA) is 52.6 Å². The number of carbonyl (C=O) groups is 2. The van der Waals surface area contributed by atoms with Crippen molar-refractivity contribution in [2.45, 2.75) is 130 Å². The first-order chi connectivity index (χ1) is 17.4. The van der Waals surface area contributed by atoms with Crippen LogP contribution in [0.4, 0.5) is 0 Å². The molecule has 36 heavy (non-hydrogen) atoms. The van der Waals surface area contributed by atoms with E-state index in [4.69, 9.17) is 9.47 Å². The van der Waals surface area contributed by atoms with Crippen molar-refractivity contribution in [2.24, 2.45) is 59.2 Å². The Morgan fingerprint density at radius 1 is 0.500 bits per heavy atom. The van der Waals surface area contributed by atoms with Crippen molar-refractivity contribution in [3.8, 4) is 0 Å². The highest BCUT2D eigenvalue weighted by atomic mass is 16.6. The van der Waals surface area contributed by atoms with Crippen LogP contribution in [0.15, 0.2) is 0 Å². The molecule has 0 aromatic heterocycles. The van der Waals surface area contributed by atoms with Gasteiger partial charge < -0.3 is 9.47 Å². The van der Waals surface area contributed by atoms with Crippen molar-refractivity contribution < 1.29 is 19.1 Å². The molecule has 0 aromatic rings. The molecule has 0 aromatic carbocycles. The second-order valence-electron chi connectivity index (χ2n) is 13.4. The molecule has 0 N–H and O–H groups in total. The molecule has 0 amide bonds. The summed E-state index contributed by atoms with van der Waals surface area (Å²) in [6.45, 7) is 9.27. The van der Waals surface area contributed by atoms with Gasteiger partial charge in [-0.3, -0.25) is 9.59 Å². The molecule has 5 aliphatic rings. The summed E-state index contributed by atoms with van der Waals surface area (Å²) in [6.07, 6.45) is 15.3. The molecule has 8 unspecified atom stereocenters. The lowest BCUT2D eigenvalue weighted by atomic mass is 9.89. The fraction of sp³-hybridized carbons (Fsp3) is 0.938. The Morgan fingerprint density at radius 3 is 1.03 bits per heavy atom. The quantitative estimate of drug-likeness (QED) is 0.322. The monoisotopic (exact) mass is 500 g/mol. The summed E-state index contributed by atoms with van der Waals surface area (Å²) < 4.78 is 12.1. The van der Waals surface area contributed by atoms with Crippen molar-refractivity contribution in [1.29, 1.82) is 0 Å². The van der Waals surface area contributed by atoms with Crippen LogP contribution in [0.3, 0.4) is 0 Å². The van der Waals surface area contributed by atoms with Crippen LogP contribution in [0.1, 0.15) is 118 Å². The van der Waals surface area contributed by atoms with Gasteiger partial charge in [-0.1, -0.05) is 53.4 Å². The molecule has 4 nitrogen and oxygen atoms in total. The highest BCUT2D eigenvalue weighted by Gasteiger charge is 2.51. The first kappa shape index (κ1) is 26.5. The maximum atomic E-state index is 13.1. The summed E-state index contributed by atoms with van der Waals surface area (Å²) in [5.74, 6) is 6.53. The predicted molar refractivity (Wildman–Crippen MR) is 142 cm³/mol. The molecule has 0 heterocycles. The van der Waals surface area contributed by atoms with Gasteiger partial charge in [0.1, 0.15) is 12.2 Å². The average molecular weight is 501 g/mol. The van der Waals surface area contributed by atoms with Crippen molar-refractivity contribution in [3.63, 3.8) is 0 Å². The number of carbonyl (C=O) groups excluding carboxylic acids is 2. The number of esters is 2. The lowest BCUT2D eigenvalue weighted by Crippen LogP contribution is -2.32. The fourth-order valence-electron chi connectivity index (χ4n) is 9.90. The smallest absolute Gasteiger partial charge is 0.309 e. The Morgan fingerprint density at radius 2 is 0.778 bits per heavy atom. The third-order valence-corrected chi connectivity index (χ3v) is 11.9. The van der Waals surface area contributed by atoms with Gasteiger partial charge in [0.2, 0.25) is 0 Å². The van der Waals surface area contributed by atoms with E-state index in [1.807, 2.05) is 0 Å². The Balaban J connectivity index is 1.05. The van der Waals surface area contributed by atoms with Gasteiger partial charge in [-0.05, 0) is 112 Å². The van der Waals surface area contributed by atoms with Gasteiger partial charge in [0.25, 0.3) is 0 Å². The Kier molecular flexibility index (Phi) is 8.37. The van der Waals surface area contributed by atoms with Crippen LogP contribution < -0.4 is 0 Å².